The van der Waals surface area contributed by atoms with Crippen molar-refractivity contribution in [3.05, 3.63) is 22.4 Å². The molecule has 92 valence electrons. The predicted octanol–water partition coefficient (Wildman–Crippen LogP) is 0.437. The number of amides is 1. The van der Waals surface area contributed by atoms with Gasteiger partial charge in [0.2, 0.25) is 0 Å². The molecule has 1 aromatic heterocycles. The molecule has 1 aliphatic heterocycles. The first-order valence-electron chi connectivity index (χ1n) is 5.05. The number of aromatic amines is 1. The summed E-state index contributed by atoms with van der Waals surface area (Å²) >= 11 is 3.20. The lowest BCUT2D eigenvalue weighted by Gasteiger charge is -2.20. The second-order valence-electron chi connectivity index (χ2n) is 3.93. The largest absolute Gasteiger partial charge is 0.480 e. The average molecular weight is 303 g/mol. The van der Waals surface area contributed by atoms with Gasteiger partial charge in [0.05, 0.1) is 6.10 Å². The molecule has 3 N–H and O–H groups in total. The maximum atomic E-state index is 12.0. The van der Waals surface area contributed by atoms with E-state index < -0.39 is 24.0 Å². The van der Waals surface area contributed by atoms with Crippen LogP contribution in [0.25, 0.3) is 0 Å². The van der Waals surface area contributed by atoms with Crippen LogP contribution in [0, 0.1) is 0 Å². The second-order valence-corrected chi connectivity index (χ2v) is 4.85. The van der Waals surface area contributed by atoms with Gasteiger partial charge in [-0.25, -0.2) is 4.79 Å². The summed E-state index contributed by atoms with van der Waals surface area (Å²) in [5.74, 6) is -1.51. The van der Waals surface area contributed by atoms with Crippen LogP contribution in [0.2, 0.25) is 0 Å². The number of hydrogen-bond donors (Lipinski definition) is 3. The van der Waals surface area contributed by atoms with Gasteiger partial charge in [-0.3, -0.25) is 4.79 Å². The zero-order valence-corrected chi connectivity index (χ0v) is 10.3. The number of carboxylic acids is 1. The van der Waals surface area contributed by atoms with Crippen molar-refractivity contribution in [1.29, 1.82) is 0 Å². The number of halogens is 1. The molecule has 0 aromatic carbocycles. The van der Waals surface area contributed by atoms with E-state index >= 15 is 0 Å². The summed E-state index contributed by atoms with van der Waals surface area (Å²) in [4.78, 5) is 26.9. The summed E-state index contributed by atoms with van der Waals surface area (Å²) in [6.45, 7) is 0.0481. The number of aromatic nitrogens is 1. The quantitative estimate of drug-likeness (QED) is 0.739. The van der Waals surface area contributed by atoms with Crippen molar-refractivity contribution >= 4 is 27.8 Å². The minimum absolute atomic E-state index is 0.0481. The van der Waals surface area contributed by atoms with Gasteiger partial charge in [0, 0.05) is 23.6 Å². The number of aliphatic hydroxyl groups is 1. The van der Waals surface area contributed by atoms with Crippen LogP contribution in [0.5, 0.6) is 0 Å². The third-order valence-corrected chi connectivity index (χ3v) is 3.16. The fraction of sp³-hybridized carbons (Fsp3) is 0.400. The molecule has 1 aromatic rings. The van der Waals surface area contributed by atoms with Crippen LogP contribution in [0.4, 0.5) is 0 Å². The molecule has 2 heterocycles. The summed E-state index contributed by atoms with van der Waals surface area (Å²) < 4.78 is 0.715. The SMILES string of the molecule is O=C(O)[C@@H]1C[C@@H](O)CN1C(=O)c1cc(Br)c[nH]1. The Kier molecular flexibility index (Phi) is 3.21. The Morgan fingerprint density at radius 2 is 2.24 bits per heavy atom. The smallest absolute Gasteiger partial charge is 0.326 e. The van der Waals surface area contributed by atoms with Crippen LogP contribution < -0.4 is 0 Å². The van der Waals surface area contributed by atoms with Crippen LogP contribution in [0.1, 0.15) is 16.9 Å². The highest BCUT2D eigenvalue weighted by Gasteiger charge is 2.39. The number of rotatable bonds is 2. The van der Waals surface area contributed by atoms with E-state index in [-0.39, 0.29) is 13.0 Å². The van der Waals surface area contributed by atoms with Gasteiger partial charge in [-0.05, 0) is 22.0 Å². The molecule has 0 saturated carbocycles. The lowest BCUT2D eigenvalue weighted by molar-refractivity contribution is -0.141. The van der Waals surface area contributed by atoms with Crippen LogP contribution in [0.15, 0.2) is 16.7 Å². The molecule has 1 fully saturated rings. The minimum Gasteiger partial charge on any atom is -0.480 e. The van der Waals surface area contributed by atoms with E-state index in [0.717, 1.165) is 0 Å². The molecule has 1 amide bonds. The van der Waals surface area contributed by atoms with Gasteiger partial charge in [-0.15, -0.1) is 0 Å². The van der Waals surface area contributed by atoms with Gasteiger partial charge >= 0.3 is 5.97 Å². The fourth-order valence-electron chi connectivity index (χ4n) is 1.92. The highest BCUT2D eigenvalue weighted by atomic mass is 79.9. The van der Waals surface area contributed by atoms with Crippen LogP contribution in [-0.2, 0) is 4.79 Å². The molecule has 17 heavy (non-hydrogen) atoms. The summed E-state index contributed by atoms with van der Waals surface area (Å²) in [6, 6.07) is 0.617. The number of likely N-dealkylation sites (tertiary alicyclic amines) is 1. The van der Waals surface area contributed by atoms with E-state index in [1.165, 1.54) is 4.90 Å². The minimum atomic E-state index is -1.10. The lowest BCUT2D eigenvalue weighted by atomic mass is 10.2. The standard InChI is InChI=1S/C10H11BrN2O4/c11-5-1-7(12-3-5)9(15)13-4-6(14)2-8(13)10(16)17/h1,3,6,8,12,14H,2,4H2,(H,16,17)/t6-,8+/m1/s1. The van der Waals surface area contributed by atoms with E-state index in [0.29, 0.717) is 10.2 Å². The van der Waals surface area contributed by atoms with E-state index in [2.05, 4.69) is 20.9 Å². The summed E-state index contributed by atoms with van der Waals surface area (Å²) in [5, 5.41) is 18.4. The number of aliphatic carboxylic acids is 1. The van der Waals surface area contributed by atoms with Gasteiger partial charge in [0.25, 0.3) is 5.91 Å². The van der Waals surface area contributed by atoms with Gasteiger partial charge in [-0.1, -0.05) is 0 Å². The van der Waals surface area contributed by atoms with Crippen molar-refractivity contribution in [2.45, 2.75) is 18.6 Å². The maximum absolute atomic E-state index is 12.0. The molecule has 0 radical (unpaired) electrons. The monoisotopic (exact) mass is 302 g/mol. The van der Waals surface area contributed by atoms with E-state index in [4.69, 9.17) is 5.11 Å². The van der Waals surface area contributed by atoms with Crippen molar-refractivity contribution in [3.8, 4) is 0 Å². The summed E-state index contributed by atoms with van der Waals surface area (Å²) in [7, 11) is 0. The van der Waals surface area contributed by atoms with Crippen molar-refractivity contribution in [2.24, 2.45) is 0 Å². The zero-order chi connectivity index (χ0) is 12.6. The van der Waals surface area contributed by atoms with E-state index in [9.17, 15) is 14.7 Å². The fourth-order valence-corrected chi connectivity index (χ4v) is 2.26. The second kappa shape index (κ2) is 4.50. The number of H-pyrrole nitrogens is 1. The lowest BCUT2D eigenvalue weighted by Crippen LogP contribution is -2.40. The number of nitrogens with one attached hydrogen (secondary N) is 1. The normalized spacial score (nSPS) is 24.0. The Hall–Kier alpha value is -1.34. The Labute approximate surface area is 105 Å². The van der Waals surface area contributed by atoms with Gasteiger partial charge in [0.15, 0.2) is 0 Å². The summed E-state index contributed by atoms with van der Waals surface area (Å²) in [6.07, 6.45) is 0.886. The molecule has 6 nitrogen and oxygen atoms in total. The molecule has 0 bridgehead atoms. The maximum Gasteiger partial charge on any atom is 0.326 e. The number of carbonyl (C=O) groups excluding carboxylic acids is 1. The van der Waals surface area contributed by atoms with Crippen LogP contribution in [0.3, 0.4) is 0 Å². The first kappa shape index (κ1) is 12.1. The first-order valence-corrected chi connectivity index (χ1v) is 5.84. The Morgan fingerprint density at radius 1 is 1.53 bits per heavy atom. The average Bonchev–Trinajstić information content (AvgIpc) is 2.83. The zero-order valence-electron chi connectivity index (χ0n) is 8.76. The highest BCUT2D eigenvalue weighted by Crippen LogP contribution is 2.21. The third kappa shape index (κ3) is 2.34. The third-order valence-electron chi connectivity index (χ3n) is 2.70. The molecule has 0 aliphatic carbocycles. The molecule has 2 atom stereocenters. The Morgan fingerprint density at radius 3 is 2.76 bits per heavy atom. The Bertz CT molecular complexity index is 459. The highest BCUT2D eigenvalue weighted by molar-refractivity contribution is 9.10. The molecule has 1 aliphatic rings. The van der Waals surface area contributed by atoms with Gasteiger partial charge in [-0.2, -0.15) is 0 Å². The van der Waals surface area contributed by atoms with Crippen LogP contribution in [-0.4, -0.2) is 50.7 Å². The van der Waals surface area contributed by atoms with Crippen molar-refractivity contribution < 1.29 is 19.8 Å². The summed E-state index contributed by atoms with van der Waals surface area (Å²) in [5.41, 5.74) is 0.303. The predicted molar refractivity (Wildman–Crippen MR) is 61.6 cm³/mol. The molecule has 1 saturated heterocycles. The molecular weight excluding hydrogens is 292 g/mol. The number of hydrogen-bond acceptors (Lipinski definition) is 3. The molecule has 0 spiro atoms. The molecule has 2 rings (SSSR count). The number of aliphatic hydroxyl groups excluding tert-OH is 1. The number of β-amino-alcohol motifs (C(OH)–C–C–N with tert-alkyl or cyclic N) is 1. The van der Waals surface area contributed by atoms with Crippen LogP contribution >= 0.6 is 15.9 Å². The van der Waals surface area contributed by atoms with Gasteiger partial charge < -0.3 is 20.1 Å². The number of nitrogens with zero attached hydrogens (tertiary/aromatic N) is 1. The molecule has 0 unspecified atom stereocenters. The van der Waals surface area contributed by atoms with E-state index in [1.54, 1.807) is 12.3 Å². The number of carboxylic acid groups (broad SMARTS) is 1. The van der Waals surface area contributed by atoms with E-state index in [1.807, 2.05) is 0 Å². The molecular formula is C10H11BrN2O4. The van der Waals surface area contributed by atoms with Crippen molar-refractivity contribution in [2.75, 3.05) is 6.54 Å². The molecule has 7 heteroatoms. The topological polar surface area (TPSA) is 93.6 Å². The Balaban J connectivity index is 2.21. The van der Waals surface area contributed by atoms with Crippen molar-refractivity contribution in [1.82, 2.24) is 9.88 Å². The number of carbonyl (C=O) groups is 2. The first-order chi connectivity index (χ1) is 7.99. The van der Waals surface area contributed by atoms with Gasteiger partial charge in [0.1, 0.15) is 11.7 Å². The van der Waals surface area contributed by atoms with Crippen molar-refractivity contribution in [3.63, 3.8) is 0 Å².